The van der Waals surface area contributed by atoms with Crippen LogP contribution in [0, 0.1) is 13.8 Å². The van der Waals surface area contributed by atoms with Gasteiger partial charge in [0.1, 0.15) is 5.76 Å². The number of aryl methyl sites for hydroxylation is 2. The van der Waals surface area contributed by atoms with Crippen molar-refractivity contribution in [2.45, 2.75) is 27.2 Å². The molecule has 0 amide bonds. The van der Waals surface area contributed by atoms with Gasteiger partial charge in [0, 0.05) is 6.54 Å². The molecular weight excluding hydrogens is 246 g/mol. The van der Waals surface area contributed by atoms with E-state index in [0.29, 0.717) is 17.5 Å². The Morgan fingerprint density at radius 2 is 2.00 bits per heavy atom. The van der Waals surface area contributed by atoms with Gasteiger partial charge in [0.05, 0.1) is 18.4 Å². The lowest BCUT2D eigenvalue weighted by atomic mass is 10.2. The van der Waals surface area contributed by atoms with Crippen LogP contribution in [0.5, 0.6) is 6.01 Å². The van der Waals surface area contributed by atoms with Crippen molar-refractivity contribution in [1.29, 1.82) is 0 Å². The van der Waals surface area contributed by atoms with E-state index < -0.39 is 0 Å². The highest BCUT2D eigenvalue weighted by Gasteiger charge is 2.17. The lowest BCUT2D eigenvalue weighted by Crippen LogP contribution is -2.08. The minimum atomic E-state index is 0.267. The Balaban J connectivity index is 2.45. The molecule has 0 spiro atoms. The molecule has 0 bridgehead atoms. The third kappa shape index (κ3) is 2.81. The van der Waals surface area contributed by atoms with Gasteiger partial charge in [-0.1, -0.05) is 12.1 Å². The van der Waals surface area contributed by atoms with Gasteiger partial charge in [-0.3, -0.25) is 0 Å². The summed E-state index contributed by atoms with van der Waals surface area (Å²) >= 11 is 0. The number of anilines is 1. The summed E-state index contributed by atoms with van der Waals surface area (Å²) in [5.41, 5.74) is 1.52. The lowest BCUT2D eigenvalue weighted by molar-refractivity contribution is 0.379. The molecule has 0 radical (unpaired) electrons. The summed E-state index contributed by atoms with van der Waals surface area (Å²) in [7, 11) is 1.52. The summed E-state index contributed by atoms with van der Waals surface area (Å²) in [6, 6.07) is 0.267. The smallest absolute Gasteiger partial charge is 0.321 e. The SMILES string of the molecule is CCCNc1nc(OC)nc(-c2c(C)noc2C)n1. The van der Waals surface area contributed by atoms with E-state index in [1.807, 2.05) is 13.8 Å². The zero-order valence-corrected chi connectivity index (χ0v) is 11.5. The fraction of sp³-hybridized carbons (Fsp3) is 0.500. The molecule has 1 N–H and O–H groups in total. The summed E-state index contributed by atoms with van der Waals surface area (Å²) in [5.74, 6) is 1.66. The first-order valence-electron chi connectivity index (χ1n) is 6.12. The number of hydrogen-bond acceptors (Lipinski definition) is 7. The van der Waals surface area contributed by atoms with Crippen LogP contribution in [0.4, 0.5) is 5.95 Å². The van der Waals surface area contributed by atoms with E-state index >= 15 is 0 Å². The van der Waals surface area contributed by atoms with Crippen LogP contribution < -0.4 is 10.1 Å². The van der Waals surface area contributed by atoms with Crippen LogP contribution in [-0.4, -0.2) is 33.8 Å². The normalized spacial score (nSPS) is 10.5. The lowest BCUT2D eigenvalue weighted by Gasteiger charge is -2.07. The Bertz CT molecular complexity index is 548. The van der Waals surface area contributed by atoms with Crippen LogP contribution in [0.15, 0.2) is 4.52 Å². The predicted molar refractivity (Wildman–Crippen MR) is 70.1 cm³/mol. The third-order valence-corrected chi connectivity index (χ3v) is 2.59. The summed E-state index contributed by atoms with van der Waals surface area (Å²) < 4.78 is 10.2. The van der Waals surface area contributed by atoms with E-state index in [0.717, 1.165) is 24.2 Å². The maximum absolute atomic E-state index is 5.13. The molecule has 0 aliphatic rings. The molecule has 2 aromatic heterocycles. The van der Waals surface area contributed by atoms with Gasteiger partial charge >= 0.3 is 6.01 Å². The maximum Gasteiger partial charge on any atom is 0.321 e. The molecule has 0 fully saturated rings. The monoisotopic (exact) mass is 263 g/mol. The zero-order valence-electron chi connectivity index (χ0n) is 11.5. The fourth-order valence-electron chi connectivity index (χ4n) is 1.68. The standard InChI is InChI=1S/C12H17N5O2/c1-5-6-13-11-14-10(15-12(16-11)18-4)9-7(2)17-19-8(9)3/h5-6H2,1-4H3,(H,13,14,15,16). The quantitative estimate of drug-likeness (QED) is 0.882. The number of hydrogen-bond donors (Lipinski definition) is 1. The van der Waals surface area contributed by atoms with Crippen molar-refractivity contribution in [2.75, 3.05) is 19.0 Å². The molecule has 7 nitrogen and oxygen atoms in total. The van der Waals surface area contributed by atoms with Crippen LogP contribution in [0.2, 0.25) is 0 Å². The number of nitrogens with zero attached hydrogens (tertiary/aromatic N) is 4. The molecule has 0 saturated carbocycles. The van der Waals surface area contributed by atoms with Gasteiger partial charge in [-0.05, 0) is 20.3 Å². The Hall–Kier alpha value is -2.18. The highest BCUT2D eigenvalue weighted by molar-refractivity contribution is 5.61. The van der Waals surface area contributed by atoms with Crippen LogP contribution in [0.3, 0.4) is 0 Å². The van der Waals surface area contributed by atoms with E-state index in [2.05, 4.69) is 32.3 Å². The van der Waals surface area contributed by atoms with Crippen molar-refractivity contribution in [1.82, 2.24) is 20.1 Å². The predicted octanol–water partition coefficient (Wildman–Crippen LogP) is 1.97. The molecule has 0 saturated heterocycles. The third-order valence-electron chi connectivity index (χ3n) is 2.59. The number of ether oxygens (including phenoxy) is 1. The van der Waals surface area contributed by atoms with Crippen LogP contribution >= 0.6 is 0 Å². The largest absolute Gasteiger partial charge is 0.467 e. The molecular formula is C12H17N5O2. The van der Waals surface area contributed by atoms with Crippen LogP contribution in [0.25, 0.3) is 11.4 Å². The second-order valence-corrected chi connectivity index (χ2v) is 4.10. The molecule has 0 aromatic carbocycles. The van der Waals surface area contributed by atoms with E-state index in [-0.39, 0.29) is 6.01 Å². The van der Waals surface area contributed by atoms with Gasteiger partial charge < -0.3 is 14.6 Å². The number of rotatable bonds is 5. The van der Waals surface area contributed by atoms with E-state index in [4.69, 9.17) is 9.26 Å². The molecule has 0 aliphatic carbocycles. The van der Waals surface area contributed by atoms with Crippen molar-refractivity contribution in [3.63, 3.8) is 0 Å². The Kier molecular flexibility index (Phi) is 3.94. The Morgan fingerprint density at radius 1 is 1.21 bits per heavy atom. The molecule has 0 unspecified atom stereocenters. The molecule has 0 atom stereocenters. The van der Waals surface area contributed by atoms with Crippen LogP contribution in [-0.2, 0) is 0 Å². The zero-order chi connectivity index (χ0) is 13.8. The first-order valence-corrected chi connectivity index (χ1v) is 6.12. The number of aromatic nitrogens is 4. The number of nitrogens with one attached hydrogen (secondary N) is 1. The summed E-state index contributed by atoms with van der Waals surface area (Å²) in [5, 5.41) is 7.02. The second kappa shape index (κ2) is 5.64. The average molecular weight is 263 g/mol. The summed E-state index contributed by atoms with van der Waals surface area (Å²) in [4.78, 5) is 12.8. The summed E-state index contributed by atoms with van der Waals surface area (Å²) in [6.45, 7) is 6.53. The van der Waals surface area contributed by atoms with Gasteiger partial charge in [0.2, 0.25) is 5.95 Å². The number of methoxy groups -OCH3 is 1. The first-order chi connectivity index (χ1) is 9.15. The van der Waals surface area contributed by atoms with Gasteiger partial charge in [-0.25, -0.2) is 0 Å². The second-order valence-electron chi connectivity index (χ2n) is 4.10. The molecule has 2 rings (SSSR count). The minimum absolute atomic E-state index is 0.267. The van der Waals surface area contributed by atoms with Crippen LogP contribution in [0.1, 0.15) is 24.8 Å². The van der Waals surface area contributed by atoms with Gasteiger partial charge in [0.15, 0.2) is 5.82 Å². The van der Waals surface area contributed by atoms with Crippen molar-refractivity contribution in [3.05, 3.63) is 11.5 Å². The minimum Gasteiger partial charge on any atom is -0.467 e. The van der Waals surface area contributed by atoms with E-state index in [9.17, 15) is 0 Å². The van der Waals surface area contributed by atoms with Crippen molar-refractivity contribution >= 4 is 5.95 Å². The molecule has 102 valence electrons. The summed E-state index contributed by atoms with van der Waals surface area (Å²) in [6.07, 6.45) is 0.981. The van der Waals surface area contributed by atoms with Crippen molar-refractivity contribution < 1.29 is 9.26 Å². The molecule has 2 aromatic rings. The highest BCUT2D eigenvalue weighted by Crippen LogP contribution is 2.25. The van der Waals surface area contributed by atoms with Crippen molar-refractivity contribution in [3.8, 4) is 17.4 Å². The highest BCUT2D eigenvalue weighted by atomic mass is 16.5. The topological polar surface area (TPSA) is 86.0 Å². The molecule has 7 heteroatoms. The Morgan fingerprint density at radius 3 is 2.58 bits per heavy atom. The first kappa shape index (κ1) is 13.3. The molecule has 0 aliphatic heterocycles. The molecule has 19 heavy (non-hydrogen) atoms. The van der Waals surface area contributed by atoms with Gasteiger partial charge in [0.25, 0.3) is 0 Å². The Labute approximate surface area is 111 Å². The average Bonchev–Trinajstić information content (AvgIpc) is 2.75. The van der Waals surface area contributed by atoms with E-state index in [1.165, 1.54) is 7.11 Å². The van der Waals surface area contributed by atoms with Crippen molar-refractivity contribution in [2.24, 2.45) is 0 Å². The van der Waals surface area contributed by atoms with Gasteiger partial charge in [-0.15, -0.1) is 0 Å². The maximum atomic E-state index is 5.13. The fourth-order valence-corrected chi connectivity index (χ4v) is 1.68. The van der Waals surface area contributed by atoms with E-state index in [1.54, 1.807) is 0 Å². The van der Waals surface area contributed by atoms with Gasteiger partial charge in [-0.2, -0.15) is 15.0 Å². The molecule has 2 heterocycles.